The predicted octanol–water partition coefficient (Wildman–Crippen LogP) is 1.88. The van der Waals surface area contributed by atoms with Crippen LogP contribution in [0.5, 0.6) is 5.75 Å². The van der Waals surface area contributed by atoms with Gasteiger partial charge in [0.25, 0.3) is 5.91 Å². The van der Waals surface area contributed by atoms with Crippen molar-refractivity contribution >= 4 is 33.2 Å². The third kappa shape index (κ3) is 5.28. The second-order valence-corrected chi connectivity index (χ2v) is 8.20. The highest BCUT2D eigenvalue weighted by molar-refractivity contribution is 7.89. The Morgan fingerprint density at radius 1 is 1.07 bits per heavy atom. The summed E-state index contributed by atoms with van der Waals surface area (Å²) in [6, 6.07) is 10.8. The quantitative estimate of drug-likeness (QED) is 0.523. The normalized spacial score (nSPS) is 11.2. The van der Waals surface area contributed by atoms with E-state index in [0.29, 0.717) is 24.5 Å². The first-order valence-corrected chi connectivity index (χ1v) is 10.8. The molecule has 0 saturated carbocycles. The summed E-state index contributed by atoms with van der Waals surface area (Å²) in [6.07, 6.45) is 0. The fourth-order valence-electron chi connectivity index (χ4n) is 2.88. The highest BCUT2D eigenvalue weighted by Crippen LogP contribution is 2.29. The second-order valence-electron chi connectivity index (χ2n) is 6.26. The highest BCUT2D eigenvalue weighted by atomic mass is 32.2. The minimum absolute atomic E-state index is 0.0503. The Kier molecular flexibility index (Phi) is 7.79. The summed E-state index contributed by atoms with van der Waals surface area (Å²) in [5.74, 6) is -0.751. The summed E-state index contributed by atoms with van der Waals surface area (Å²) in [5, 5.41) is 5.50. The van der Waals surface area contributed by atoms with E-state index in [1.807, 2.05) is 0 Å². The van der Waals surface area contributed by atoms with Gasteiger partial charge in [-0.2, -0.15) is 4.31 Å². The molecule has 0 aromatic heterocycles. The molecule has 0 atom stereocenters. The number of nitrogens with zero attached hydrogens (tertiary/aromatic N) is 1. The number of carbonyl (C=O) groups excluding carboxylic acids is 2. The van der Waals surface area contributed by atoms with E-state index in [0.717, 1.165) is 0 Å². The maximum absolute atomic E-state index is 12.8. The zero-order valence-electron chi connectivity index (χ0n) is 17.1. The van der Waals surface area contributed by atoms with Gasteiger partial charge < -0.3 is 21.1 Å². The van der Waals surface area contributed by atoms with Crippen LogP contribution < -0.4 is 21.1 Å². The van der Waals surface area contributed by atoms with E-state index in [2.05, 4.69) is 10.6 Å². The lowest BCUT2D eigenvalue weighted by Crippen LogP contribution is -2.30. The van der Waals surface area contributed by atoms with Gasteiger partial charge in [-0.25, -0.2) is 8.42 Å². The van der Waals surface area contributed by atoms with E-state index in [4.69, 9.17) is 10.5 Å². The summed E-state index contributed by atoms with van der Waals surface area (Å²) in [5.41, 5.74) is 6.23. The van der Waals surface area contributed by atoms with Crippen molar-refractivity contribution in [3.63, 3.8) is 0 Å². The molecule has 10 heteroatoms. The van der Waals surface area contributed by atoms with E-state index >= 15 is 0 Å². The Morgan fingerprint density at radius 3 is 2.33 bits per heavy atom. The number of amides is 2. The molecule has 4 N–H and O–H groups in total. The number of para-hydroxylation sites is 1. The lowest BCUT2D eigenvalue weighted by atomic mass is 10.1. The van der Waals surface area contributed by atoms with E-state index in [1.54, 1.807) is 38.1 Å². The van der Waals surface area contributed by atoms with Gasteiger partial charge in [0.1, 0.15) is 5.75 Å². The lowest BCUT2D eigenvalue weighted by Gasteiger charge is -2.19. The lowest BCUT2D eigenvalue weighted by molar-refractivity contribution is -0.114. The third-order valence-electron chi connectivity index (χ3n) is 4.42. The Bertz CT molecular complexity index is 1020. The maximum Gasteiger partial charge on any atom is 0.250 e. The van der Waals surface area contributed by atoms with Gasteiger partial charge in [-0.3, -0.25) is 9.59 Å². The number of nitrogens with two attached hydrogens (primary N) is 1. The second kappa shape index (κ2) is 10.1. The van der Waals surface area contributed by atoms with E-state index < -0.39 is 21.8 Å². The van der Waals surface area contributed by atoms with Gasteiger partial charge in [0, 0.05) is 18.8 Å². The van der Waals surface area contributed by atoms with E-state index in [-0.39, 0.29) is 22.7 Å². The van der Waals surface area contributed by atoms with Crippen molar-refractivity contribution < 1.29 is 22.7 Å². The molecule has 0 bridgehead atoms. The van der Waals surface area contributed by atoms with Crippen LogP contribution in [-0.2, 0) is 14.8 Å². The van der Waals surface area contributed by atoms with Crippen LogP contribution in [0.3, 0.4) is 0 Å². The Morgan fingerprint density at radius 2 is 1.73 bits per heavy atom. The van der Waals surface area contributed by atoms with Gasteiger partial charge in [0.2, 0.25) is 15.9 Å². The number of nitrogens with one attached hydrogen (secondary N) is 2. The summed E-state index contributed by atoms with van der Waals surface area (Å²) in [6.45, 7) is 4.00. The molecule has 9 nitrogen and oxygen atoms in total. The van der Waals surface area contributed by atoms with Crippen LogP contribution in [0.4, 0.5) is 11.4 Å². The Labute approximate surface area is 176 Å². The maximum atomic E-state index is 12.8. The number of ether oxygens (including phenoxy) is 1. The first-order chi connectivity index (χ1) is 14.2. The van der Waals surface area contributed by atoms with Crippen LogP contribution in [0.2, 0.25) is 0 Å². The van der Waals surface area contributed by atoms with Gasteiger partial charge in [0.05, 0.1) is 29.8 Å². The molecule has 0 aliphatic heterocycles. The summed E-state index contributed by atoms with van der Waals surface area (Å²) < 4.78 is 32.1. The van der Waals surface area contributed by atoms with Crippen molar-refractivity contribution in [3.8, 4) is 5.75 Å². The molecular weight excluding hydrogens is 408 g/mol. The van der Waals surface area contributed by atoms with Crippen LogP contribution in [-0.4, -0.2) is 51.3 Å². The molecule has 0 saturated heterocycles. The summed E-state index contributed by atoms with van der Waals surface area (Å²) in [7, 11) is -2.27. The zero-order chi connectivity index (χ0) is 22.3. The molecule has 2 aromatic rings. The molecule has 0 spiro atoms. The van der Waals surface area contributed by atoms with Crippen LogP contribution in [0.1, 0.15) is 24.2 Å². The van der Waals surface area contributed by atoms with Crippen molar-refractivity contribution in [1.29, 1.82) is 0 Å². The molecule has 0 heterocycles. The molecule has 0 aliphatic carbocycles. The van der Waals surface area contributed by atoms with Crippen LogP contribution >= 0.6 is 0 Å². The number of methoxy groups -OCH3 is 1. The first-order valence-electron chi connectivity index (χ1n) is 9.35. The number of carbonyl (C=O) groups is 2. The number of rotatable bonds is 10. The largest absolute Gasteiger partial charge is 0.495 e. The number of hydrogen-bond acceptors (Lipinski definition) is 6. The van der Waals surface area contributed by atoms with Crippen molar-refractivity contribution in [3.05, 3.63) is 48.0 Å². The van der Waals surface area contributed by atoms with Crippen molar-refractivity contribution in [2.24, 2.45) is 5.73 Å². The molecule has 0 fully saturated rings. The SMILES string of the molecule is CCN(CC)S(=O)(=O)c1ccc(OC)c(NC(=O)CNc2ccccc2C(N)=O)c1. The minimum atomic E-state index is -3.70. The predicted molar refractivity (Wildman–Crippen MR) is 115 cm³/mol. The number of primary amides is 1. The van der Waals surface area contributed by atoms with Crippen molar-refractivity contribution in [2.75, 3.05) is 37.4 Å². The van der Waals surface area contributed by atoms with E-state index in [9.17, 15) is 18.0 Å². The fourth-order valence-corrected chi connectivity index (χ4v) is 4.36. The molecule has 30 heavy (non-hydrogen) atoms. The van der Waals surface area contributed by atoms with Crippen LogP contribution in [0.25, 0.3) is 0 Å². The smallest absolute Gasteiger partial charge is 0.250 e. The van der Waals surface area contributed by atoms with Crippen LogP contribution in [0, 0.1) is 0 Å². The highest BCUT2D eigenvalue weighted by Gasteiger charge is 2.23. The van der Waals surface area contributed by atoms with Crippen molar-refractivity contribution in [2.45, 2.75) is 18.7 Å². The molecule has 0 radical (unpaired) electrons. The first kappa shape index (κ1) is 23.2. The van der Waals surface area contributed by atoms with Gasteiger partial charge >= 0.3 is 0 Å². The van der Waals surface area contributed by atoms with Crippen molar-refractivity contribution in [1.82, 2.24) is 4.31 Å². The molecule has 2 aromatic carbocycles. The number of sulfonamides is 1. The van der Waals surface area contributed by atoms with Gasteiger partial charge in [-0.05, 0) is 30.3 Å². The number of anilines is 2. The standard InChI is InChI=1S/C20H26N4O5S/c1-4-24(5-2)30(27,28)14-10-11-18(29-3)17(12-14)23-19(25)13-22-16-9-7-6-8-15(16)20(21)26/h6-12,22H,4-5,13H2,1-3H3,(H2,21,26)(H,23,25). The topological polar surface area (TPSA) is 131 Å². The third-order valence-corrected chi connectivity index (χ3v) is 6.47. The Hall–Kier alpha value is -3.11. The molecule has 2 rings (SSSR count). The average molecular weight is 435 g/mol. The van der Waals surface area contributed by atoms with Gasteiger partial charge in [-0.15, -0.1) is 0 Å². The number of benzene rings is 2. The Balaban J connectivity index is 2.21. The van der Waals surface area contributed by atoms with E-state index in [1.165, 1.54) is 29.6 Å². The fraction of sp³-hybridized carbons (Fsp3) is 0.300. The monoisotopic (exact) mass is 434 g/mol. The minimum Gasteiger partial charge on any atom is -0.495 e. The molecule has 0 unspecified atom stereocenters. The zero-order valence-corrected chi connectivity index (χ0v) is 18.0. The summed E-state index contributed by atoms with van der Waals surface area (Å²) in [4.78, 5) is 24.0. The summed E-state index contributed by atoms with van der Waals surface area (Å²) >= 11 is 0. The van der Waals surface area contributed by atoms with Crippen LogP contribution in [0.15, 0.2) is 47.4 Å². The van der Waals surface area contributed by atoms with Gasteiger partial charge in [0.15, 0.2) is 0 Å². The molecule has 162 valence electrons. The average Bonchev–Trinajstić information content (AvgIpc) is 2.73. The molecular formula is C20H26N4O5S. The molecule has 2 amide bonds. The van der Waals surface area contributed by atoms with Gasteiger partial charge in [-0.1, -0.05) is 26.0 Å². The number of hydrogen-bond donors (Lipinski definition) is 3. The molecule has 0 aliphatic rings.